The number of nitrogens with zero attached hydrogens (tertiary/aromatic N) is 4. The first-order valence-electron chi connectivity index (χ1n) is 13.4. The van der Waals surface area contributed by atoms with Crippen LogP contribution in [-0.2, 0) is 16.1 Å². The van der Waals surface area contributed by atoms with Crippen LogP contribution in [0.4, 0.5) is 11.6 Å². The smallest absolute Gasteiger partial charge is 0.337 e. The summed E-state index contributed by atoms with van der Waals surface area (Å²) in [5.41, 5.74) is 6.87. The standard InChI is InChI=1S/C31H36N4O4/c1-8-38-22-16-32-30(33-17-22)35-14-13-34-19(3)15-23-25(21-11-9-18(2)10-12-21)24(20(4)26(35)27(23)34)28(29(36)37)39-31(5,6)7/h9-12,15-17,28H,8,13-14H2,1-7H3,(H,36,37)/t28-/m0/s1. The van der Waals surface area contributed by atoms with Gasteiger partial charge in [0.15, 0.2) is 11.9 Å². The second-order valence-corrected chi connectivity index (χ2v) is 11.1. The van der Waals surface area contributed by atoms with E-state index in [0.29, 0.717) is 30.4 Å². The highest BCUT2D eigenvalue weighted by Gasteiger charge is 2.36. The van der Waals surface area contributed by atoms with E-state index in [0.717, 1.165) is 51.1 Å². The molecule has 2 aromatic carbocycles. The largest absolute Gasteiger partial charge is 0.491 e. The number of hydrogen-bond acceptors (Lipinski definition) is 6. The molecule has 0 bridgehead atoms. The summed E-state index contributed by atoms with van der Waals surface area (Å²) in [5.74, 6) is 0.133. The molecule has 5 rings (SSSR count). The van der Waals surface area contributed by atoms with Gasteiger partial charge in [0.2, 0.25) is 5.95 Å². The zero-order chi connectivity index (χ0) is 28.1. The average molecular weight is 529 g/mol. The Labute approximate surface area is 229 Å². The van der Waals surface area contributed by atoms with Crippen molar-refractivity contribution in [2.75, 3.05) is 18.1 Å². The van der Waals surface area contributed by atoms with Gasteiger partial charge < -0.3 is 24.0 Å². The maximum absolute atomic E-state index is 12.9. The topological polar surface area (TPSA) is 89.7 Å². The van der Waals surface area contributed by atoms with E-state index in [9.17, 15) is 9.90 Å². The molecule has 1 aliphatic rings. The fourth-order valence-electron chi connectivity index (χ4n) is 5.53. The second kappa shape index (κ2) is 10.0. The number of carbonyl (C=O) groups is 1. The van der Waals surface area contributed by atoms with Crippen molar-refractivity contribution in [3.63, 3.8) is 0 Å². The third-order valence-electron chi connectivity index (χ3n) is 7.11. The summed E-state index contributed by atoms with van der Waals surface area (Å²) in [6.07, 6.45) is 2.19. The Morgan fingerprint density at radius 1 is 1.08 bits per heavy atom. The summed E-state index contributed by atoms with van der Waals surface area (Å²) >= 11 is 0. The molecule has 1 atom stereocenters. The Balaban J connectivity index is 1.85. The Hall–Kier alpha value is -3.91. The Morgan fingerprint density at radius 3 is 2.33 bits per heavy atom. The van der Waals surface area contributed by atoms with Crippen molar-refractivity contribution in [2.45, 2.75) is 66.7 Å². The van der Waals surface area contributed by atoms with E-state index in [1.54, 1.807) is 12.4 Å². The van der Waals surface area contributed by atoms with Crippen LogP contribution in [0, 0.1) is 20.8 Å². The summed E-state index contributed by atoms with van der Waals surface area (Å²) in [5, 5.41) is 11.5. The number of aromatic nitrogens is 3. The quantitative estimate of drug-likeness (QED) is 0.292. The van der Waals surface area contributed by atoms with Crippen molar-refractivity contribution in [1.82, 2.24) is 14.5 Å². The molecule has 1 N–H and O–H groups in total. The van der Waals surface area contributed by atoms with Gasteiger partial charge >= 0.3 is 5.97 Å². The van der Waals surface area contributed by atoms with E-state index in [1.807, 2.05) is 41.5 Å². The van der Waals surface area contributed by atoms with Gasteiger partial charge in [0.05, 0.1) is 35.8 Å². The highest BCUT2D eigenvalue weighted by atomic mass is 16.5. The molecule has 0 unspecified atom stereocenters. The number of benzene rings is 2. The number of rotatable bonds is 7. The Morgan fingerprint density at radius 2 is 1.74 bits per heavy atom. The normalized spacial score (nSPS) is 14.1. The van der Waals surface area contributed by atoms with Crippen LogP contribution in [0.25, 0.3) is 22.0 Å². The van der Waals surface area contributed by atoms with Crippen LogP contribution >= 0.6 is 0 Å². The number of anilines is 2. The minimum absolute atomic E-state index is 0.535. The van der Waals surface area contributed by atoms with E-state index < -0.39 is 17.7 Å². The van der Waals surface area contributed by atoms with E-state index in [4.69, 9.17) is 9.47 Å². The minimum atomic E-state index is -1.17. The number of ether oxygens (including phenoxy) is 2. The van der Waals surface area contributed by atoms with Gasteiger partial charge in [-0.1, -0.05) is 29.8 Å². The Bertz CT molecular complexity index is 1530. The molecule has 1 aliphatic heterocycles. The molecule has 0 spiro atoms. The molecule has 0 fully saturated rings. The lowest BCUT2D eigenvalue weighted by Crippen LogP contribution is -2.32. The van der Waals surface area contributed by atoms with Crippen LogP contribution in [0.1, 0.15) is 56.2 Å². The van der Waals surface area contributed by atoms with Gasteiger partial charge in [-0.15, -0.1) is 0 Å². The molecule has 8 heteroatoms. The number of aliphatic carboxylic acids is 1. The molecular formula is C31H36N4O4. The van der Waals surface area contributed by atoms with Gasteiger partial charge in [-0.25, -0.2) is 14.8 Å². The molecule has 39 heavy (non-hydrogen) atoms. The van der Waals surface area contributed by atoms with Crippen LogP contribution in [0.15, 0.2) is 42.7 Å². The Kier molecular flexibility index (Phi) is 6.84. The van der Waals surface area contributed by atoms with Crippen molar-refractivity contribution in [2.24, 2.45) is 0 Å². The zero-order valence-electron chi connectivity index (χ0n) is 23.7. The SMILES string of the molecule is CCOc1cnc(N2CCn3c(C)cc4c(-c5ccc(C)cc5)c([C@H](OC(C)(C)C)C(=O)O)c(C)c2c43)nc1. The summed E-state index contributed by atoms with van der Waals surface area (Å²) in [6.45, 7) is 15.6. The molecule has 2 aromatic heterocycles. The van der Waals surface area contributed by atoms with Crippen molar-refractivity contribution < 1.29 is 19.4 Å². The number of carboxylic acid groups (broad SMARTS) is 1. The lowest BCUT2D eigenvalue weighted by Gasteiger charge is -2.35. The molecule has 4 aromatic rings. The fraction of sp³-hybridized carbons (Fsp3) is 0.387. The first-order chi connectivity index (χ1) is 18.5. The number of hydrogen-bond donors (Lipinski definition) is 1. The molecule has 0 radical (unpaired) electrons. The lowest BCUT2D eigenvalue weighted by molar-refractivity contribution is -0.160. The number of aryl methyl sites for hydroxylation is 2. The van der Waals surface area contributed by atoms with Crippen LogP contribution in [-0.4, -0.2) is 44.4 Å². The fourth-order valence-corrected chi connectivity index (χ4v) is 5.53. The molecule has 0 saturated heterocycles. The van der Waals surface area contributed by atoms with Gasteiger partial charge in [0.25, 0.3) is 0 Å². The van der Waals surface area contributed by atoms with Crippen molar-refractivity contribution in [1.29, 1.82) is 0 Å². The maximum Gasteiger partial charge on any atom is 0.337 e. The van der Waals surface area contributed by atoms with Crippen molar-refractivity contribution in [3.05, 3.63) is 65.1 Å². The van der Waals surface area contributed by atoms with Gasteiger partial charge in [-0.05, 0) is 71.2 Å². The maximum atomic E-state index is 12.9. The van der Waals surface area contributed by atoms with E-state index in [1.165, 1.54) is 0 Å². The highest BCUT2D eigenvalue weighted by molar-refractivity contribution is 6.08. The van der Waals surface area contributed by atoms with Crippen LogP contribution in [0.2, 0.25) is 0 Å². The van der Waals surface area contributed by atoms with Gasteiger partial charge in [-0.3, -0.25) is 0 Å². The number of carboxylic acids is 1. The molecule has 3 heterocycles. The summed E-state index contributed by atoms with van der Waals surface area (Å²) in [4.78, 5) is 24.2. The van der Waals surface area contributed by atoms with Gasteiger partial charge in [-0.2, -0.15) is 0 Å². The van der Waals surface area contributed by atoms with Gasteiger partial charge in [0.1, 0.15) is 0 Å². The molecule has 204 valence electrons. The van der Waals surface area contributed by atoms with Crippen molar-refractivity contribution in [3.8, 4) is 16.9 Å². The molecule has 0 aliphatic carbocycles. The summed E-state index contributed by atoms with van der Waals surface area (Å²) in [6, 6.07) is 10.4. The third-order valence-corrected chi connectivity index (χ3v) is 7.11. The molecule has 8 nitrogen and oxygen atoms in total. The summed E-state index contributed by atoms with van der Waals surface area (Å²) in [7, 11) is 0. The first-order valence-corrected chi connectivity index (χ1v) is 13.4. The average Bonchev–Trinajstić information content (AvgIpc) is 3.22. The molecule has 0 amide bonds. The van der Waals surface area contributed by atoms with Crippen molar-refractivity contribution >= 4 is 28.5 Å². The van der Waals surface area contributed by atoms with Crippen LogP contribution in [0.3, 0.4) is 0 Å². The summed E-state index contributed by atoms with van der Waals surface area (Å²) < 4.78 is 14.1. The van der Waals surface area contributed by atoms with Gasteiger partial charge in [0, 0.05) is 29.7 Å². The second-order valence-electron chi connectivity index (χ2n) is 11.1. The van der Waals surface area contributed by atoms with E-state index in [2.05, 4.69) is 56.7 Å². The molecular weight excluding hydrogens is 492 g/mol. The predicted molar refractivity (Wildman–Crippen MR) is 153 cm³/mol. The first kappa shape index (κ1) is 26.7. The van der Waals surface area contributed by atoms with E-state index in [-0.39, 0.29) is 0 Å². The third kappa shape index (κ3) is 4.85. The zero-order valence-corrected chi connectivity index (χ0v) is 23.7. The monoisotopic (exact) mass is 528 g/mol. The predicted octanol–water partition coefficient (Wildman–Crippen LogP) is 6.51. The van der Waals surface area contributed by atoms with Crippen LogP contribution in [0.5, 0.6) is 5.75 Å². The van der Waals surface area contributed by atoms with Crippen LogP contribution < -0.4 is 9.64 Å². The minimum Gasteiger partial charge on any atom is -0.491 e. The lowest BCUT2D eigenvalue weighted by atomic mass is 9.87. The van der Waals surface area contributed by atoms with E-state index >= 15 is 0 Å². The molecule has 0 saturated carbocycles. The highest BCUT2D eigenvalue weighted by Crippen LogP contribution is 2.49.